The van der Waals surface area contributed by atoms with Gasteiger partial charge in [-0.05, 0) is 23.6 Å². The molecule has 0 amide bonds. The Hall–Kier alpha value is -3.08. The summed E-state index contributed by atoms with van der Waals surface area (Å²) in [5.74, 6) is -0.257. The van der Waals surface area contributed by atoms with Gasteiger partial charge in [0.05, 0.1) is 17.5 Å². The van der Waals surface area contributed by atoms with Crippen LogP contribution in [-0.2, 0) is 6.18 Å². The summed E-state index contributed by atoms with van der Waals surface area (Å²) in [5, 5.41) is 13.0. The summed E-state index contributed by atoms with van der Waals surface area (Å²) in [6.07, 6.45) is -3.25. The van der Waals surface area contributed by atoms with E-state index in [1.807, 2.05) is 6.07 Å². The highest BCUT2D eigenvalue weighted by molar-refractivity contribution is 5.68. The molecule has 0 saturated heterocycles. The average Bonchev–Trinajstić information content (AvgIpc) is 2.97. The Balaban J connectivity index is 2.37. The second-order valence-corrected chi connectivity index (χ2v) is 5.88. The fourth-order valence-electron chi connectivity index (χ4n) is 2.73. The molecule has 0 fully saturated rings. The Labute approximate surface area is 140 Å². The zero-order valence-corrected chi connectivity index (χ0v) is 13.3. The van der Waals surface area contributed by atoms with Crippen molar-refractivity contribution in [1.29, 1.82) is 5.26 Å². The number of H-pyrrole nitrogens is 1. The number of alkyl halides is 3. The van der Waals surface area contributed by atoms with Gasteiger partial charge < -0.3 is 4.98 Å². The van der Waals surface area contributed by atoms with Crippen LogP contribution in [0.1, 0.15) is 36.5 Å². The highest BCUT2D eigenvalue weighted by Gasteiger charge is 2.31. The summed E-state index contributed by atoms with van der Waals surface area (Å²) in [4.78, 5) is 15.6. The SMILES string of the molecule is CC(C)c1c(-c2cccc(C(F)(F)F)c2)[nH]c2c(C#N)cnn2c1=O. The number of aromatic amines is 1. The minimum atomic E-state index is -4.49. The van der Waals surface area contributed by atoms with Crippen molar-refractivity contribution in [3.8, 4) is 17.3 Å². The molecule has 0 aliphatic rings. The normalized spacial score (nSPS) is 11.9. The molecule has 8 heteroatoms. The smallest absolute Gasteiger partial charge is 0.338 e. The van der Waals surface area contributed by atoms with Crippen molar-refractivity contribution in [3.63, 3.8) is 0 Å². The third kappa shape index (κ3) is 2.78. The molecule has 0 atom stereocenters. The van der Waals surface area contributed by atoms with Crippen molar-refractivity contribution in [2.75, 3.05) is 0 Å². The summed E-state index contributed by atoms with van der Waals surface area (Å²) in [5.41, 5.74) is -0.185. The Kier molecular flexibility index (Phi) is 3.87. The van der Waals surface area contributed by atoms with E-state index in [0.29, 0.717) is 5.56 Å². The minimum Gasteiger partial charge on any atom is -0.338 e. The lowest BCUT2D eigenvalue weighted by atomic mass is 9.97. The summed E-state index contributed by atoms with van der Waals surface area (Å²) in [6.45, 7) is 3.53. The van der Waals surface area contributed by atoms with E-state index in [4.69, 9.17) is 5.26 Å². The van der Waals surface area contributed by atoms with Crippen LogP contribution in [0.2, 0.25) is 0 Å². The largest absolute Gasteiger partial charge is 0.416 e. The molecule has 0 aliphatic heterocycles. The van der Waals surface area contributed by atoms with Gasteiger partial charge in [-0.2, -0.15) is 28.0 Å². The van der Waals surface area contributed by atoms with Gasteiger partial charge in [0.15, 0.2) is 5.65 Å². The fraction of sp³-hybridized carbons (Fsp3) is 0.235. The highest BCUT2D eigenvalue weighted by atomic mass is 19.4. The van der Waals surface area contributed by atoms with Gasteiger partial charge in [-0.25, -0.2) is 0 Å². The molecule has 2 heterocycles. The van der Waals surface area contributed by atoms with Crippen LogP contribution in [0.4, 0.5) is 13.2 Å². The molecule has 3 aromatic rings. The Morgan fingerprint density at radius 2 is 2.04 bits per heavy atom. The number of hydrogen-bond acceptors (Lipinski definition) is 3. The maximum atomic E-state index is 13.0. The molecule has 0 radical (unpaired) electrons. The first kappa shape index (κ1) is 16.8. The van der Waals surface area contributed by atoms with E-state index >= 15 is 0 Å². The molecule has 3 rings (SSSR count). The van der Waals surface area contributed by atoms with Gasteiger partial charge >= 0.3 is 6.18 Å². The summed E-state index contributed by atoms with van der Waals surface area (Å²) >= 11 is 0. The van der Waals surface area contributed by atoms with Crippen LogP contribution in [0, 0.1) is 11.3 Å². The van der Waals surface area contributed by atoms with Crippen molar-refractivity contribution in [2.45, 2.75) is 25.9 Å². The number of fused-ring (bicyclic) bond motifs is 1. The van der Waals surface area contributed by atoms with Crippen LogP contribution in [0.3, 0.4) is 0 Å². The lowest BCUT2D eigenvalue weighted by Crippen LogP contribution is -2.22. The molecule has 2 aromatic heterocycles. The lowest BCUT2D eigenvalue weighted by Gasteiger charge is -2.14. The number of nitrogens with zero attached hydrogens (tertiary/aromatic N) is 3. The number of nitrogens with one attached hydrogen (secondary N) is 1. The number of rotatable bonds is 2. The van der Waals surface area contributed by atoms with Gasteiger partial charge in [-0.15, -0.1) is 0 Å². The number of halogens is 3. The first-order chi connectivity index (χ1) is 11.7. The number of nitriles is 1. The number of benzene rings is 1. The molecular formula is C17H13F3N4O. The van der Waals surface area contributed by atoms with Gasteiger partial charge in [-0.1, -0.05) is 26.0 Å². The highest BCUT2D eigenvalue weighted by Crippen LogP contribution is 2.33. The summed E-state index contributed by atoms with van der Waals surface area (Å²) in [7, 11) is 0. The van der Waals surface area contributed by atoms with Crippen molar-refractivity contribution < 1.29 is 13.2 Å². The monoisotopic (exact) mass is 346 g/mol. The zero-order chi connectivity index (χ0) is 18.4. The van der Waals surface area contributed by atoms with Crippen LogP contribution in [0.15, 0.2) is 35.3 Å². The number of aromatic nitrogens is 3. The molecule has 1 N–H and O–H groups in total. The molecule has 128 valence electrons. The Morgan fingerprint density at radius 3 is 2.64 bits per heavy atom. The maximum absolute atomic E-state index is 13.0. The van der Waals surface area contributed by atoms with Crippen LogP contribution in [0.5, 0.6) is 0 Å². The fourth-order valence-corrected chi connectivity index (χ4v) is 2.73. The molecular weight excluding hydrogens is 333 g/mol. The van der Waals surface area contributed by atoms with E-state index in [1.165, 1.54) is 18.3 Å². The molecule has 0 aliphatic carbocycles. The number of hydrogen-bond donors (Lipinski definition) is 1. The summed E-state index contributed by atoms with van der Waals surface area (Å²) in [6, 6.07) is 6.63. The van der Waals surface area contributed by atoms with Crippen LogP contribution in [0.25, 0.3) is 16.9 Å². The van der Waals surface area contributed by atoms with Crippen LogP contribution in [-0.4, -0.2) is 14.6 Å². The quantitative estimate of drug-likeness (QED) is 0.769. The Morgan fingerprint density at radius 1 is 1.32 bits per heavy atom. The predicted molar refractivity (Wildman–Crippen MR) is 85.1 cm³/mol. The standard InChI is InChI=1S/C17H13F3N4O/c1-9(2)13-14(10-4-3-5-12(6-10)17(18,19)20)23-15-11(7-21)8-22-24(15)16(13)25/h3-6,8-9,23H,1-2H3. The van der Waals surface area contributed by atoms with E-state index in [1.54, 1.807) is 13.8 Å². The molecule has 0 bridgehead atoms. The topological polar surface area (TPSA) is 73.9 Å². The molecule has 0 spiro atoms. The maximum Gasteiger partial charge on any atom is 0.416 e. The Bertz CT molecular complexity index is 1050. The van der Waals surface area contributed by atoms with Crippen molar-refractivity contribution >= 4 is 5.65 Å². The zero-order valence-electron chi connectivity index (χ0n) is 13.3. The van der Waals surface area contributed by atoms with E-state index < -0.39 is 17.3 Å². The molecule has 25 heavy (non-hydrogen) atoms. The molecule has 0 saturated carbocycles. The molecule has 0 unspecified atom stereocenters. The van der Waals surface area contributed by atoms with E-state index in [0.717, 1.165) is 16.6 Å². The first-order valence-electron chi connectivity index (χ1n) is 7.45. The van der Waals surface area contributed by atoms with E-state index in [-0.39, 0.29) is 28.4 Å². The molecule has 1 aromatic carbocycles. The van der Waals surface area contributed by atoms with Gasteiger partial charge in [0, 0.05) is 5.56 Å². The minimum absolute atomic E-state index is 0.139. The van der Waals surface area contributed by atoms with Crippen LogP contribution < -0.4 is 5.56 Å². The second kappa shape index (κ2) is 5.77. The molecule has 5 nitrogen and oxygen atoms in total. The van der Waals surface area contributed by atoms with Crippen LogP contribution >= 0.6 is 0 Å². The average molecular weight is 346 g/mol. The first-order valence-corrected chi connectivity index (χ1v) is 7.45. The van der Waals surface area contributed by atoms with Gasteiger partial charge in [0.25, 0.3) is 5.56 Å². The third-order valence-electron chi connectivity index (χ3n) is 3.88. The lowest BCUT2D eigenvalue weighted by molar-refractivity contribution is -0.137. The summed E-state index contributed by atoms with van der Waals surface area (Å²) < 4.78 is 40.1. The van der Waals surface area contributed by atoms with Gasteiger partial charge in [0.1, 0.15) is 11.6 Å². The van der Waals surface area contributed by atoms with Gasteiger partial charge in [-0.3, -0.25) is 4.79 Å². The van der Waals surface area contributed by atoms with Crippen molar-refractivity contribution in [1.82, 2.24) is 14.6 Å². The van der Waals surface area contributed by atoms with Crippen molar-refractivity contribution in [2.24, 2.45) is 0 Å². The van der Waals surface area contributed by atoms with E-state index in [2.05, 4.69) is 10.1 Å². The van der Waals surface area contributed by atoms with Gasteiger partial charge in [0.2, 0.25) is 0 Å². The predicted octanol–water partition coefficient (Wildman–Crippen LogP) is 3.70. The van der Waals surface area contributed by atoms with Crippen molar-refractivity contribution in [3.05, 3.63) is 57.5 Å². The third-order valence-corrected chi connectivity index (χ3v) is 3.88. The second-order valence-electron chi connectivity index (χ2n) is 5.88. The van der Waals surface area contributed by atoms with E-state index in [9.17, 15) is 18.0 Å².